The minimum atomic E-state index is -0.359. The van der Waals surface area contributed by atoms with Crippen molar-refractivity contribution < 1.29 is 9.53 Å². The number of halogens is 1. The lowest BCUT2D eigenvalue weighted by Gasteiger charge is -2.21. The van der Waals surface area contributed by atoms with Gasteiger partial charge in [-0.05, 0) is 33.6 Å². The Kier molecular flexibility index (Phi) is 6.13. The molecule has 0 radical (unpaired) electrons. The molecule has 78 valence electrons. The summed E-state index contributed by atoms with van der Waals surface area (Å²) in [4.78, 5) is 11.4. The summed E-state index contributed by atoms with van der Waals surface area (Å²) in [5, 5.41) is 0. The lowest BCUT2D eigenvalue weighted by molar-refractivity contribution is -0.153. The lowest BCUT2D eigenvalue weighted by Crippen LogP contribution is -2.26. The predicted octanol–water partition coefficient (Wildman–Crippen LogP) is 2.98. The topological polar surface area (TPSA) is 26.3 Å². The molecule has 0 aromatic heterocycles. The Morgan fingerprint density at radius 1 is 1.38 bits per heavy atom. The summed E-state index contributed by atoms with van der Waals surface area (Å²) < 4.78 is 4.97. The third kappa shape index (κ3) is 5.14. The average molecular weight is 207 g/mol. The highest BCUT2D eigenvalue weighted by molar-refractivity contribution is 6.17. The van der Waals surface area contributed by atoms with Gasteiger partial charge in [-0.3, -0.25) is 4.79 Å². The molecule has 0 fully saturated rings. The van der Waals surface area contributed by atoms with E-state index in [2.05, 4.69) is 0 Å². The van der Waals surface area contributed by atoms with E-state index in [1.807, 2.05) is 20.8 Å². The number of esters is 1. The zero-order valence-electron chi connectivity index (χ0n) is 8.73. The summed E-state index contributed by atoms with van der Waals surface area (Å²) in [6.07, 6.45) is 2.79. The Bertz CT molecular complexity index is 155. The van der Waals surface area contributed by atoms with Crippen LogP contribution in [0.25, 0.3) is 0 Å². The van der Waals surface area contributed by atoms with Crippen molar-refractivity contribution in [1.82, 2.24) is 0 Å². The quantitative estimate of drug-likeness (QED) is 0.380. The normalized spacial score (nSPS) is 11.4. The second-order valence-corrected chi connectivity index (χ2v) is 4.13. The van der Waals surface area contributed by atoms with Crippen LogP contribution in [0.3, 0.4) is 0 Å². The van der Waals surface area contributed by atoms with Crippen LogP contribution in [0.15, 0.2) is 0 Å². The Labute approximate surface area is 85.6 Å². The van der Waals surface area contributed by atoms with Crippen molar-refractivity contribution in [2.45, 2.75) is 40.0 Å². The summed E-state index contributed by atoms with van der Waals surface area (Å²) in [5.41, 5.74) is -0.359. The molecule has 0 heterocycles. The molecule has 13 heavy (non-hydrogen) atoms. The molecule has 0 aromatic carbocycles. The Morgan fingerprint density at radius 2 is 2.00 bits per heavy atom. The molecule has 0 aromatic rings. The lowest BCUT2D eigenvalue weighted by atomic mass is 9.87. The fourth-order valence-corrected chi connectivity index (χ4v) is 1.28. The first-order valence-corrected chi connectivity index (χ1v) is 5.31. The van der Waals surface area contributed by atoms with E-state index in [-0.39, 0.29) is 11.4 Å². The number of carbonyl (C=O) groups is 1. The van der Waals surface area contributed by atoms with E-state index in [0.717, 1.165) is 19.3 Å². The SMILES string of the molecule is CCOC(=O)C(C)(C)CCCCCl. The van der Waals surface area contributed by atoms with E-state index in [1.165, 1.54) is 0 Å². The highest BCUT2D eigenvalue weighted by Crippen LogP contribution is 2.24. The summed E-state index contributed by atoms with van der Waals surface area (Å²) >= 11 is 5.55. The minimum Gasteiger partial charge on any atom is -0.466 e. The van der Waals surface area contributed by atoms with Gasteiger partial charge in [0.25, 0.3) is 0 Å². The summed E-state index contributed by atoms with van der Waals surface area (Å²) in [7, 11) is 0. The zero-order valence-corrected chi connectivity index (χ0v) is 9.49. The van der Waals surface area contributed by atoms with Gasteiger partial charge in [0.2, 0.25) is 0 Å². The van der Waals surface area contributed by atoms with Crippen LogP contribution in [-0.4, -0.2) is 18.5 Å². The molecule has 0 aliphatic carbocycles. The molecular weight excluding hydrogens is 188 g/mol. The van der Waals surface area contributed by atoms with E-state index in [1.54, 1.807) is 0 Å². The number of hydrogen-bond donors (Lipinski definition) is 0. The van der Waals surface area contributed by atoms with Crippen LogP contribution in [0.2, 0.25) is 0 Å². The van der Waals surface area contributed by atoms with E-state index < -0.39 is 0 Å². The van der Waals surface area contributed by atoms with Gasteiger partial charge in [0.15, 0.2) is 0 Å². The van der Waals surface area contributed by atoms with Crippen LogP contribution in [0.1, 0.15) is 40.0 Å². The van der Waals surface area contributed by atoms with Crippen LogP contribution in [0.4, 0.5) is 0 Å². The number of hydrogen-bond acceptors (Lipinski definition) is 2. The van der Waals surface area contributed by atoms with E-state index in [4.69, 9.17) is 16.3 Å². The van der Waals surface area contributed by atoms with Crippen LogP contribution in [0, 0.1) is 5.41 Å². The van der Waals surface area contributed by atoms with E-state index in [9.17, 15) is 4.79 Å². The Balaban J connectivity index is 3.83. The molecule has 0 spiro atoms. The van der Waals surface area contributed by atoms with Crippen molar-refractivity contribution in [3.63, 3.8) is 0 Å². The fourth-order valence-electron chi connectivity index (χ4n) is 1.09. The number of carbonyl (C=O) groups excluding carboxylic acids is 1. The van der Waals surface area contributed by atoms with Gasteiger partial charge in [0, 0.05) is 5.88 Å². The third-order valence-electron chi connectivity index (χ3n) is 2.01. The summed E-state index contributed by atoms with van der Waals surface area (Å²) in [6.45, 7) is 6.11. The Morgan fingerprint density at radius 3 is 2.46 bits per heavy atom. The largest absolute Gasteiger partial charge is 0.466 e. The van der Waals surface area contributed by atoms with Gasteiger partial charge in [-0.1, -0.05) is 6.42 Å². The number of ether oxygens (including phenoxy) is 1. The second kappa shape index (κ2) is 6.25. The molecular formula is C10H19ClO2. The maximum Gasteiger partial charge on any atom is 0.311 e. The predicted molar refractivity (Wildman–Crippen MR) is 55.0 cm³/mol. The molecule has 0 saturated carbocycles. The highest BCUT2D eigenvalue weighted by atomic mass is 35.5. The standard InChI is InChI=1S/C10H19ClO2/c1-4-13-9(12)10(2,3)7-5-6-8-11/h4-8H2,1-3H3. The molecule has 0 bridgehead atoms. The fraction of sp³-hybridized carbons (Fsp3) is 0.900. The smallest absolute Gasteiger partial charge is 0.311 e. The van der Waals surface area contributed by atoms with Crippen LogP contribution in [-0.2, 0) is 9.53 Å². The number of rotatable bonds is 6. The first kappa shape index (κ1) is 12.8. The van der Waals surface area contributed by atoms with Crippen LogP contribution < -0.4 is 0 Å². The van der Waals surface area contributed by atoms with Crippen molar-refractivity contribution in [2.75, 3.05) is 12.5 Å². The van der Waals surface area contributed by atoms with Gasteiger partial charge in [0.05, 0.1) is 12.0 Å². The molecule has 0 aliphatic rings. The zero-order chi connectivity index (χ0) is 10.3. The first-order chi connectivity index (χ1) is 6.04. The molecule has 0 N–H and O–H groups in total. The minimum absolute atomic E-state index is 0.107. The van der Waals surface area contributed by atoms with Gasteiger partial charge in [-0.2, -0.15) is 0 Å². The number of alkyl halides is 1. The maximum absolute atomic E-state index is 11.4. The van der Waals surface area contributed by atoms with Crippen molar-refractivity contribution in [3.8, 4) is 0 Å². The van der Waals surface area contributed by atoms with Crippen molar-refractivity contribution in [1.29, 1.82) is 0 Å². The van der Waals surface area contributed by atoms with Gasteiger partial charge < -0.3 is 4.74 Å². The van der Waals surface area contributed by atoms with Gasteiger partial charge in [-0.15, -0.1) is 11.6 Å². The molecule has 0 unspecified atom stereocenters. The average Bonchev–Trinajstić information content (AvgIpc) is 2.05. The monoisotopic (exact) mass is 206 g/mol. The molecule has 0 rings (SSSR count). The molecule has 0 aliphatic heterocycles. The van der Waals surface area contributed by atoms with Gasteiger partial charge >= 0.3 is 5.97 Å². The third-order valence-corrected chi connectivity index (χ3v) is 2.28. The molecule has 0 amide bonds. The highest BCUT2D eigenvalue weighted by Gasteiger charge is 2.28. The maximum atomic E-state index is 11.4. The van der Waals surface area contributed by atoms with E-state index in [0.29, 0.717) is 12.5 Å². The van der Waals surface area contributed by atoms with Crippen molar-refractivity contribution in [3.05, 3.63) is 0 Å². The first-order valence-electron chi connectivity index (χ1n) is 4.77. The Hall–Kier alpha value is -0.240. The van der Waals surface area contributed by atoms with Gasteiger partial charge in [0.1, 0.15) is 0 Å². The van der Waals surface area contributed by atoms with Gasteiger partial charge in [-0.25, -0.2) is 0 Å². The van der Waals surface area contributed by atoms with E-state index >= 15 is 0 Å². The number of unbranched alkanes of at least 4 members (excludes halogenated alkanes) is 1. The van der Waals surface area contributed by atoms with Crippen molar-refractivity contribution >= 4 is 17.6 Å². The summed E-state index contributed by atoms with van der Waals surface area (Å²) in [6, 6.07) is 0. The molecule has 2 nitrogen and oxygen atoms in total. The molecule has 0 saturated heterocycles. The van der Waals surface area contributed by atoms with Crippen LogP contribution in [0.5, 0.6) is 0 Å². The second-order valence-electron chi connectivity index (χ2n) is 3.75. The molecule has 3 heteroatoms. The van der Waals surface area contributed by atoms with Crippen LogP contribution >= 0.6 is 11.6 Å². The summed E-state index contributed by atoms with van der Waals surface area (Å²) in [5.74, 6) is 0.559. The van der Waals surface area contributed by atoms with Crippen molar-refractivity contribution in [2.24, 2.45) is 5.41 Å². The molecule has 0 atom stereocenters.